The Morgan fingerprint density at radius 1 is 1.47 bits per heavy atom. The number of fused-ring (bicyclic) bond motifs is 1. The highest BCUT2D eigenvalue weighted by atomic mass is 16.5. The molecule has 7 nitrogen and oxygen atoms in total. The van der Waals surface area contributed by atoms with E-state index in [2.05, 4.69) is 25.5 Å². The van der Waals surface area contributed by atoms with E-state index in [0.717, 1.165) is 56.1 Å². The summed E-state index contributed by atoms with van der Waals surface area (Å²) in [7, 11) is 0. The first kappa shape index (κ1) is 12.3. The highest BCUT2D eigenvalue weighted by molar-refractivity contribution is 5.85. The van der Waals surface area contributed by atoms with Crippen LogP contribution in [0.4, 0.5) is 5.82 Å². The number of hydrogen-bond donors (Lipinski definition) is 2. The average molecular weight is 263 g/mol. The first-order valence-electron chi connectivity index (χ1n) is 6.51. The molecule has 0 unspecified atom stereocenters. The van der Waals surface area contributed by atoms with E-state index in [1.807, 2.05) is 0 Å². The molecule has 1 aliphatic heterocycles. The lowest BCUT2D eigenvalue weighted by Crippen LogP contribution is -2.15. The predicted octanol–water partition coefficient (Wildman–Crippen LogP) is 0.960. The molecule has 1 fully saturated rings. The second kappa shape index (κ2) is 5.94. The largest absolute Gasteiger partial charge is 0.379 e. The highest BCUT2D eigenvalue weighted by Crippen LogP contribution is 2.15. The number of aromatic nitrogens is 4. The molecule has 2 N–H and O–H groups in total. The molecule has 0 radical (unpaired) electrons. The molecule has 19 heavy (non-hydrogen) atoms. The van der Waals surface area contributed by atoms with E-state index >= 15 is 0 Å². The monoisotopic (exact) mass is 263 g/mol. The van der Waals surface area contributed by atoms with Gasteiger partial charge >= 0.3 is 0 Å². The normalized spacial score (nSPS) is 19.1. The Morgan fingerprint density at radius 3 is 3.37 bits per heavy atom. The summed E-state index contributed by atoms with van der Waals surface area (Å²) in [6.45, 7) is 3.10. The summed E-state index contributed by atoms with van der Waals surface area (Å²) in [5.41, 5.74) is 0.747. The SMILES string of the molecule is c1nc(NCCCO[C@H]2CCOC2)c2cn[nH]c2n1. The van der Waals surface area contributed by atoms with Gasteiger partial charge in [-0.2, -0.15) is 5.10 Å². The van der Waals surface area contributed by atoms with Crippen molar-refractivity contribution in [3.05, 3.63) is 12.5 Å². The Balaban J connectivity index is 1.43. The van der Waals surface area contributed by atoms with Crippen molar-refractivity contribution < 1.29 is 9.47 Å². The molecule has 3 heterocycles. The molecule has 1 saturated heterocycles. The first-order valence-corrected chi connectivity index (χ1v) is 6.51. The van der Waals surface area contributed by atoms with Crippen LogP contribution in [0.25, 0.3) is 11.0 Å². The van der Waals surface area contributed by atoms with E-state index in [4.69, 9.17) is 9.47 Å². The van der Waals surface area contributed by atoms with Crippen molar-refractivity contribution in [3.8, 4) is 0 Å². The van der Waals surface area contributed by atoms with E-state index in [-0.39, 0.29) is 6.10 Å². The van der Waals surface area contributed by atoms with Crippen molar-refractivity contribution in [2.75, 3.05) is 31.7 Å². The zero-order valence-corrected chi connectivity index (χ0v) is 10.6. The fraction of sp³-hybridized carbons (Fsp3) is 0.583. The van der Waals surface area contributed by atoms with Crippen molar-refractivity contribution in [2.24, 2.45) is 0 Å². The lowest BCUT2D eigenvalue weighted by molar-refractivity contribution is 0.0427. The van der Waals surface area contributed by atoms with Gasteiger partial charge in [-0.15, -0.1) is 0 Å². The zero-order chi connectivity index (χ0) is 12.9. The molecule has 1 atom stereocenters. The molecular formula is C12H17N5O2. The maximum atomic E-state index is 5.70. The van der Waals surface area contributed by atoms with Gasteiger partial charge in [0.25, 0.3) is 0 Å². The minimum atomic E-state index is 0.277. The van der Waals surface area contributed by atoms with Crippen LogP contribution in [0, 0.1) is 0 Å². The summed E-state index contributed by atoms with van der Waals surface area (Å²) in [6.07, 6.45) is 5.47. The van der Waals surface area contributed by atoms with Gasteiger partial charge in [0, 0.05) is 19.8 Å². The number of hydrogen-bond acceptors (Lipinski definition) is 6. The molecule has 2 aromatic heterocycles. The standard InChI is InChI=1S/C12H17N5O2/c1(4-19-9-2-5-18-7-9)3-13-11-10-6-16-17-12(10)15-8-14-11/h6,8-9H,1-5,7H2,(H2,13,14,15,16,17)/t9-/m0/s1. The minimum absolute atomic E-state index is 0.277. The average Bonchev–Trinajstić information content (AvgIpc) is 3.09. The van der Waals surface area contributed by atoms with Crippen molar-refractivity contribution >= 4 is 16.9 Å². The van der Waals surface area contributed by atoms with Crippen molar-refractivity contribution in [1.29, 1.82) is 0 Å². The summed E-state index contributed by atoms with van der Waals surface area (Å²) < 4.78 is 11.0. The second-order valence-corrected chi connectivity index (χ2v) is 4.49. The van der Waals surface area contributed by atoms with Crippen LogP contribution in [0.1, 0.15) is 12.8 Å². The maximum Gasteiger partial charge on any atom is 0.160 e. The molecule has 7 heteroatoms. The van der Waals surface area contributed by atoms with Gasteiger partial charge in [0.1, 0.15) is 12.1 Å². The fourth-order valence-electron chi connectivity index (χ4n) is 2.08. The summed E-state index contributed by atoms with van der Waals surface area (Å²) in [6, 6.07) is 0. The van der Waals surface area contributed by atoms with E-state index in [1.165, 1.54) is 6.33 Å². The third-order valence-corrected chi connectivity index (χ3v) is 3.10. The summed E-state index contributed by atoms with van der Waals surface area (Å²) >= 11 is 0. The molecule has 102 valence electrons. The Hall–Kier alpha value is -1.73. The van der Waals surface area contributed by atoms with Crippen LogP contribution in [0.5, 0.6) is 0 Å². The Labute approximate surface area is 110 Å². The molecular weight excluding hydrogens is 246 g/mol. The highest BCUT2D eigenvalue weighted by Gasteiger charge is 2.15. The quantitative estimate of drug-likeness (QED) is 0.755. The molecule has 0 aromatic carbocycles. The molecule has 0 amide bonds. The number of nitrogens with zero attached hydrogens (tertiary/aromatic N) is 3. The van der Waals surface area contributed by atoms with Gasteiger partial charge in [-0.1, -0.05) is 0 Å². The Bertz CT molecular complexity index is 524. The van der Waals surface area contributed by atoms with Crippen LogP contribution in [0.2, 0.25) is 0 Å². The Morgan fingerprint density at radius 2 is 2.47 bits per heavy atom. The maximum absolute atomic E-state index is 5.70. The lowest BCUT2D eigenvalue weighted by atomic mass is 10.3. The lowest BCUT2D eigenvalue weighted by Gasteiger charge is -2.10. The van der Waals surface area contributed by atoms with Crippen LogP contribution in [-0.2, 0) is 9.47 Å². The summed E-state index contributed by atoms with van der Waals surface area (Å²) in [5.74, 6) is 0.808. The number of anilines is 1. The van der Waals surface area contributed by atoms with E-state index in [9.17, 15) is 0 Å². The molecule has 0 saturated carbocycles. The zero-order valence-electron chi connectivity index (χ0n) is 10.6. The van der Waals surface area contributed by atoms with E-state index in [1.54, 1.807) is 6.20 Å². The number of ether oxygens (including phenoxy) is 2. The van der Waals surface area contributed by atoms with Gasteiger partial charge in [0.15, 0.2) is 5.65 Å². The van der Waals surface area contributed by atoms with Crippen molar-refractivity contribution in [3.63, 3.8) is 0 Å². The van der Waals surface area contributed by atoms with Crippen LogP contribution in [0.15, 0.2) is 12.5 Å². The molecule has 1 aliphatic rings. The topological polar surface area (TPSA) is 85.0 Å². The summed E-state index contributed by atoms with van der Waals surface area (Å²) in [5, 5.41) is 11.0. The molecule has 0 bridgehead atoms. The van der Waals surface area contributed by atoms with Crippen LogP contribution >= 0.6 is 0 Å². The third-order valence-electron chi connectivity index (χ3n) is 3.10. The number of H-pyrrole nitrogens is 1. The predicted molar refractivity (Wildman–Crippen MR) is 70.0 cm³/mol. The second-order valence-electron chi connectivity index (χ2n) is 4.49. The smallest absolute Gasteiger partial charge is 0.160 e. The molecule has 0 aliphatic carbocycles. The molecule has 2 aromatic rings. The number of nitrogens with one attached hydrogen (secondary N) is 2. The van der Waals surface area contributed by atoms with Gasteiger partial charge in [-0.3, -0.25) is 5.10 Å². The van der Waals surface area contributed by atoms with E-state index in [0.29, 0.717) is 0 Å². The van der Waals surface area contributed by atoms with Crippen LogP contribution in [0.3, 0.4) is 0 Å². The van der Waals surface area contributed by atoms with Crippen molar-refractivity contribution in [2.45, 2.75) is 18.9 Å². The van der Waals surface area contributed by atoms with Gasteiger partial charge in [0.05, 0.1) is 24.3 Å². The van der Waals surface area contributed by atoms with E-state index < -0.39 is 0 Å². The van der Waals surface area contributed by atoms with Crippen LogP contribution in [-0.4, -0.2) is 52.6 Å². The number of aromatic amines is 1. The Kier molecular flexibility index (Phi) is 3.85. The minimum Gasteiger partial charge on any atom is -0.379 e. The van der Waals surface area contributed by atoms with Gasteiger partial charge in [0.2, 0.25) is 0 Å². The summed E-state index contributed by atoms with van der Waals surface area (Å²) in [4.78, 5) is 8.30. The molecule has 0 spiro atoms. The van der Waals surface area contributed by atoms with Gasteiger partial charge in [-0.05, 0) is 12.8 Å². The third kappa shape index (κ3) is 2.99. The van der Waals surface area contributed by atoms with Gasteiger partial charge < -0.3 is 14.8 Å². The van der Waals surface area contributed by atoms with Crippen LogP contribution < -0.4 is 5.32 Å². The fourth-order valence-corrected chi connectivity index (χ4v) is 2.08. The number of rotatable bonds is 6. The first-order chi connectivity index (χ1) is 9.43. The molecule has 3 rings (SSSR count). The van der Waals surface area contributed by atoms with Crippen molar-refractivity contribution in [1.82, 2.24) is 20.2 Å². The van der Waals surface area contributed by atoms with Gasteiger partial charge in [-0.25, -0.2) is 9.97 Å².